The molecule has 0 unspecified atom stereocenters. The minimum atomic E-state index is 0.863. The first-order valence-electron chi connectivity index (χ1n) is 14.9. The number of pyridine rings is 2. The summed E-state index contributed by atoms with van der Waals surface area (Å²) in [5, 5.41) is 3.46. The van der Waals surface area contributed by atoms with E-state index in [0.29, 0.717) is 0 Å². The van der Waals surface area contributed by atoms with Crippen LogP contribution in [0.2, 0.25) is 0 Å². The minimum Gasteiger partial charge on any atom is -0.308 e. The summed E-state index contributed by atoms with van der Waals surface area (Å²) in [5.74, 6) is 0.863. The molecule has 0 N–H and O–H groups in total. The molecule has 9 rings (SSSR count). The van der Waals surface area contributed by atoms with Crippen molar-refractivity contribution in [2.45, 2.75) is 0 Å². The van der Waals surface area contributed by atoms with E-state index in [1.54, 1.807) is 0 Å². The third kappa shape index (κ3) is 3.71. The van der Waals surface area contributed by atoms with Crippen molar-refractivity contribution < 1.29 is 0 Å². The maximum absolute atomic E-state index is 5.35. The molecule has 9 aromatic rings. The quantitative estimate of drug-likeness (QED) is 0.214. The van der Waals surface area contributed by atoms with Crippen molar-refractivity contribution in [3.63, 3.8) is 0 Å². The Balaban J connectivity index is 1.46. The summed E-state index contributed by atoms with van der Waals surface area (Å²) < 4.78 is 4.64. The first-order chi connectivity index (χ1) is 21.8. The van der Waals surface area contributed by atoms with Crippen LogP contribution in [0.3, 0.4) is 0 Å². The van der Waals surface area contributed by atoms with Gasteiger partial charge in [0.2, 0.25) is 0 Å². The highest BCUT2D eigenvalue weighted by atomic mass is 15.1. The standard InChI is InChI=1S/C40H26N4/c1-4-14-27(15-5-1)29-24-33(28-16-6-2-7-17-28)42-37(25-29)44-35-23-13-11-21-32(35)39-40(44)38-31-20-10-12-22-34(31)43(36(38)26-41-39)30-18-8-3-9-19-30/h1-26H. The van der Waals surface area contributed by atoms with Crippen molar-refractivity contribution >= 4 is 43.7 Å². The number of benzene rings is 5. The number of nitrogens with zero attached hydrogens (tertiary/aromatic N) is 4. The summed E-state index contributed by atoms with van der Waals surface area (Å²) >= 11 is 0. The Hall–Kier alpha value is -6.00. The summed E-state index contributed by atoms with van der Waals surface area (Å²) in [6.07, 6.45) is 2.03. The lowest BCUT2D eigenvalue weighted by Gasteiger charge is -2.13. The van der Waals surface area contributed by atoms with Gasteiger partial charge in [-0.1, -0.05) is 115 Å². The van der Waals surface area contributed by atoms with Gasteiger partial charge in [-0.3, -0.25) is 9.55 Å². The van der Waals surface area contributed by atoms with Crippen molar-refractivity contribution in [1.29, 1.82) is 0 Å². The number of rotatable bonds is 4. The molecule has 0 aliphatic carbocycles. The molecular formula is C40H26N4. The highest BCUT2D eigenvalue weighted by molar-refractivity contribution is 6.24. The second kappa shape index (κ2) is 9.79. The fourth-order valence-corrected chi connectivity index (χ4v) is 6.62. The Morgan fingerprint density at radius 3 is 1.77 bits per heavy atom. The lowest BCUT2D eigenvalue weighted by atomic mass is 10.0. The van der Waals surface area contributed by atoms with E-state index < -0.39 is 0 Å². The molecule has 0 saturated carbocycles. The molecule has 0 atom stereocenters. The van der Waals surface area contributed by atoms with E-state index in [2.05, 4.69) is 155 Å². The molecule has 4 nitrogen and oxygen atoms in total. The van der Waals surface area contributed by atoms with Crippen molar-refractivity contribution in [3.8, 4) is 33.9 Å². The fourth-order valence-electron chi connectivity index (χ4n) is 6.62. The molecule has 4 heteroatoms. The van der Waals surface area contributed by atoms with Gasteiger partial charge in [-0.05, 0) is 47.5 Å². The van der Waals surface area contributed by atoms with Crippen molar-refractivity contribution in [3.05, 3.63) is 158 Å². The van der Waals surface area contributed by atoms with E-state index in [1.165, 1.54) is 10.8 Å². The third-order valence-corrected chi connectivity index (χ3v) is 8.54. The number of hydrogen-bond donors (Lipinski definition) is 0. The summed E-state index contributed by atoms with van der Waals surface area (Å²) in [7, 11) is 0. The molecule has 0 radical (unpaired) electrons. The molecule has 4 heterocycles. The summed E-state index contributed by atoms with van der Waals surface area (Å²) in [4.78, 5) is 10.5. The first-order valence-corrected chi connectivity index (χ1v) is 14.9. The predicted octanol–water partition coefficient (Wildman–Crippen LogP) is 10.0. The lowest BCUT2D eigenvalue weighted by Crippen LogP contribution is -2.01. The van der Waals surface area contributed by atoms with Crippen LogP contribution in [0.4, 0.5) is 0 Å². The van der Waals surface area contributed by atoms with E-state index in [1.807, 2.05) is 12.3 Å². The van der Waals surface area contributed by atoms with E-state index in [0.717, 1.165) is 66.9 Å². The van der Waals surface area contributed by atoms with Crippen LogP contribution in [0.1, 0.15) is 0 Å². The maximum Gasteiger partial charge on any atom is 0.138 e. The zero-order valence-corrected chi connectivity index (χ0v) is 23.8. The molecule has 4 aromatic heterocycles. The molecule has 0 amide bonds. The van der Waals surface area contributed by atoms with Gasteiger partial charge in [-0.25, -0.2) is 4.98 Å². The van der Waals surface area contributed by atoms with Crippen LogP contribution in [-0.2, 0) is 0 Å². The number of fused-ring (bicyclic) bond motifs is 7. The molecule has 44 heavy (non-hydrogen) atoms. The van der Waals surface area contributed by atoms with Gasteiger partial charge in [-0.2, -0.15) is 0 Å². The normalized spacial score (nSPS) is 11.6. The molecule has 0 aliphatic heterocycles. The maximum atomic E-state index is 5.35. The zero-order chi connectivity index (χ0) is 29.0. The Labute approximate surface area is 254 Å². The number of aromatic nitrogens is 4. The molecule has 0 fully saturated rings. The fraction of sp³-hybridized carbons (Fsp3) is 0. The monoisotopic (exact) mass is 562 g/mol. The summed E-state index contributed by atoms with van der Waals surface area (Å²) in [6, 6.07) is 53.1. The van der Waals surface area contributed by atoms with Gasteiger partial charge >= 0.3 is 0 Å². The van der Waals surface area contributed by atoms with Crippen LogP contribution in [0.5, 0.6) is 0 Å². The molecule has 0 spiro atoms. The van der Waals surface area contributed by atoms with Gasteiger partial charge < -0.3 is 4.57 Å². The highest BCUT2D eigenvalue weighted by Gasteiger charge is 2.22. The zero-order valence-electron chi connectivity index (χ0n) is 23.8. The van der Waals surface area contributed by atoms with Crippen LogP contribution in [-0.4, -0.2) is 19.1 Å². The molecule has 5 aromatic carbocycles. The molecule has 0 bridgehead atoms. The highest BCUT2D eigenvalue weighted by Crippen LogP contribution is 2.41. The van der Waals surface area contributed by atoms with Crippen LogP contribution >= 0.6 is 0 Å². The average molecular weight is 563 g/mol. The molecular weight excluding hydrogens is 536 g/mol. The van der Waals surface area contributed by atoms with Gasteiger partial charge in [0.1, 0.15) is 5.82 Å². The van der Waals surface area contributed by atoms with Crippen molar-refractivity contribution in [2.24, 2.45) is 0 Å². The van der Waals surface area contributed by atoms with Crippen molar-refractivity contribution in [2.75, 3.05) is 0 Å². The van der Waals surface area contributed by atoms with Crippen LogP contribution in [0.15, 0.2) is 158 Å². The van der Waals surface area contributed by atoms with E-state index >= 15 is 0 Å². The van der Waals surface area contributed by atoms with E-state index in [-0.39, 0.29) is 0 Å². The Kier molecular flexibility index (Phi) is 5.47. The van der Waals surface area contributed by atoms with Gasteiger partial charge in [-0.15, -0.1) is 0 Å². The van der Waals surface area contributed by atoms with Gasteiger partial charge in [0.05, 0.1) is 39.5 Å². The van der Waals surface area contributed by atoms with Gasteiger partial charge in [0, 0.05) is 27.4 Å². The average Bonchev–Trinajstić information content (AvgIpc) is 3.62. The van der Waals surface area contributed by atoms with Gasteiger partial charge in [0.25, 0.3) is 0 Å². The predicted molar refractivity (Wildman–Crippen MR) is 182 cm³/mol. The Morgan fingerprint density at radius 1 is 0.455 bits per heavy atom. The third-order valence-electron chi connectivity index (χ3n) is 8.54. The first kappa shape index (κ1) is 24.6. The Bertz CT molecular complexity index is 2420. The second-order valence-corrected chi connectivity index (χ2v) is 11.1. The Morgan fingerprint density at radius 2 is 1.05 bits per heavy atom. The van der Waals surface area contributed by atoms with E-state index in [4.69, 9.17) is 9.97 Å². The summed E-state index contributed by atoms with van der Waals surface area (Å²) in [6.45, 7) is 0. The number of para-hydroxylation sites is 3. The largest absolute Gasteiger partial charge is 0.308 e. The second-order valence-electron chi connectivity index (χ2n) is 11.1. The SMILES string of the molecule is c1ccc(-c2cc(-c3ccccc3)nc(-n3c4ccccc4c4ncc5c(c6ccccc6n5-c5ccccc5)c43)c2)cc1. The topological polar surface area (TPSA) is 35.6 Å². The molecule has 0 saturated heterocycles. The lowest BCUT2D eigenvalue weighted by molar-refractivity contribution is 1.09. The minimum absolute atomic E-state index is 0.863. The van der Waals surface area contributed by atoms with Crippen molar-refractivity contribution in [1.82, 2.24) is 19.1 Å². The molecule has 0 aliphatic rings. The van der Waals surface area contributed by atoms with Crippen LogP contribution in [0.25, 0.3) is 77.6 Å². The van der Waals surface area contributed by atoms with Crippen LogP contribution in [0, 0.1) is 0 Å². The molecule has 206 valence electrons. The van der Waals surface area contributed by atoms with Gasteiger partial charge in [0.15, 0.2) is 0 Å². The van der Waals surface area contributed by atoms with Crippen LogP contribution < -0.4 is 0 Å². The van der Waals surface area contributed by atoms with E-state index in [9.17, 15) is 0 Å². The number of hydrogen-bond acceptors (Lipinski definition) is 2. The summed E-state index contributed by atoms with van der Waals surface area (Å²) in [5.41, 5.74) is 10.7. The smallest absolute Gasteiger partial charge is 0.138 e.